The second kappa shape index (κ2) is 32.2. The van der Waals surface area contributed by atoms with Gasteiger partial charge in [-0.25, -0.2) is 11.6 Å². The summed E-state index contributed by atoms with van der Waals surface area (Å²) in [5, 5.41) is 10.5. The molecule has 2 aromatic rings. The van der Waals surface area contributed by atoms with E-state index in [1.807, 2.05) is 63.2 Å². The van der Waals surface area contributed by atoms with Crippen molar-refractivity contribution in [2.75, 3.05) is 42.3 Å². The number of allylic oxidation sites excluding steroid dienone is 5. The molecule has 2 aromatic carbocycles. The van der Waals surface area contributed by atoms with E-state index in [0.29, 0.717) is 0 Å². The first-order valence-electron chi connectivity index (χ1n) is 10.4. The van der Waals surface area contributed by atoms with Crippen LogP contribution in [0.5, 0.6) is 0 Å². The zero-order chi connectivity index (χ0) is 25.0. The Morgan fingerprint density at radius 3 is 1.06 bits per heavy atom. The minimum absolute atomic E-state index is 0. The van der Waals surface area contributed by atoms with Crippen LogP contribution in [0.2, 0.25) is 0 Å². The second-order valence-corrected chi connectivity index (χ2v) is 6.85. The van der Waals surface area contributed by atoms with Gasteiger partial charge in [0.25, 0.3) is 0 Å². The SMILES string of the molecule is C(C=Cc1ccccc1)=Cc1ccccc1.C[N-]C.C[N-]C.C[N-]C.[CH-]=C(C)C=C(C)C.[Ti+4]. The molecule has 0 fully saturated rings. The van der Waals surface area contributed by atoms with E-state index < -0.39 is 0 Å². The second-order valence-electron chi connectivity index (χ2n) is 6.85. The third-order valence-corrected chi connectivity index (χ3v) is 2.80. The Hall–Kier alpha value is -2.01. The third-order valence-electron chi connectivity index (χ3n) is 2.80. The number of hydrogen-bond donors (Lipinski definition) is 0. The average molecular weight is 482 g/mol. The summed E-state index contributed by atoms with van der Waals surface area (Å²) in [7, 11) is 10.5. The zero-order valence-electron chi connectivity index (χ0n) is 22.1. The minimum atomic E-state index is 0. The largest absolute Gasteiger partial charge is 4.00 e. The molecule has 3 nitrogen and oxygen atoms in total. The topological polar surface area (TPSA) is 42.3 Å². The van der Waals surface area contributed by atoms with Crippen molar-refractivity contribution in [2.45, 2.75) is 20.8 Å². The molecule has 2 rings (SSSR count). The zero-order valence-corrected chi connectivity index (χ0v) is 23.6. The summed E-state index contributed by atoms with van der Waals surface area (Å²) in [4.78, 5) is 0. The third kappa shape index (κ3) is 37.6. The van der Waals surface area contributed by atoms with Crippen LogP contribution in [0.3, 0.4) is 0 Å². The van der Waals surface area contributed by atoms with Crippen LogP contribution in [0.4, 0.5) is 0 Å². The van der Waals surface area contributed by atoms with Gasteiger partial charge in [-0.05, 0) is 11.1 Å². The summed E-state index contributed by atoms with van der Waals surface area (Å²) in [6.07, 6.45) is 10.3. The molecule has 0 aliphatic rings. The van der Waals surface area contributed by atoms with Crippen LogP contribution in [-0.2, 0) is 21.7 Å². The summed E-state index contributed by atoms with van der Waals surface area (Å²) in [6.45, 7) is 11.3. The van der Waals surface area contributed by atoms with E-state index in [2.05, 4.69) is 64.5 Å². The summed E-state index contributed by atoms with van der Waals surface area (Å²) < 4.78 is 0. The molecule has 4 heteroatoms. The van der Waals surface area contributed by atoms with Crippen molar-refractivity contribution in [1.29, 1.82) is 0 Å². The average Bonchev–Trinajstić information content (AvgIpc) is 2.74. The number of nitrogens with zero attached hydrogens (tertiary/aromatic N) is 3. The standard InChI is InChI=1S/C16H14.C7H11.3C2H6N.Ti/c1-3-9-15(10-4-1)13-7-8-14-16-11-5-2-6-12-16;1-6(2)5-7(3)4;3*1-3-2;/h1-14H;1,5H,2-4H3;3*1-2H3;/q;4*-1;+4. The van der Waals surface area contributed by atoms with E-state index >= 15 is 0 Å². The van der Waals surface area contributed by atoms with Gasteiger partial charge in [0, 0.05) is 0 Å². The van der Waals surface area contributed by atoms with Gasteiger partial charge in [0.2, 0.25) is 0 Å². The molecule has 0 N–H and O–H groups in total. The van der Waals surface area contributed by atoms with E-state index in [0.717, 1.165) is 5.57 Å². The molecule has 0 aliphatic heterocycles. The quantitative estimate of drug-likeness (QED) is 0.238. The summed E-state index contributed by atoms with van der Waals surface area (Å²) >= 11 is 0. The van der Waals surface area contributed by atoms with Gasteiger partial charge in [0.05, 0.1) is 0 Å². The van der Waals surface area contributed by atoms with Crippen LogP contribution >= 0.6 is 0 Å². The molecule has 0 radical (unpaired) electrons. The van der Waals surface area contributed by atoms with Gasteiger partial charge >= 0.3 is 21.7 Å². The maximum atomic E-state index is 5.33. The first-order chi connectivity index (χ1) is 15.3. The first-order valence-corrected chi connectivity index (χ1v) is 10.4. The molecule has 0 unspecified atom stereocenters. The number of benzene rings is 2. The van der Waals surface area contributed by atoms with Gasteiger partial charge in [-0.2, -0.15) is 47.9 Å². The Morgan fingerprint density at radius 2 is 0.879 bits per heavy atom. The summed E-state index contributed by atoms with van der Waals surface area (Å²) in [6, 6.07) is 20.6. The van der Waals surface area contributed by atoms with Gasteiger partial charge in [0.1, 0.15) is 0 Å². The van der Waals surface area contributed by atoms with Gasteiger partial charge in [0.15, 0.2) is 0 Å². The van der Waals surface area contributed by atoms with E-state index in [4.69, 9.17) is 6.58 Å². The monoisotopic (exact) mass is 481 g/mol. The molecular weight excluding hydrogens is 438 g/mol. The first kappa shape index (κ1) is 38.3. The molecular formula is C29H43N3Ti. The molecule has 0 aliphatic carbocycles. The molecule has 0 heterocycles. The maximum absolute atomic E-state index is 5.33. The fourth-order valence-corrected chi connectivity index (χ4v) is 1.92. The van der Waals surface area contributed by atoms with Crippen molar-refractivity contribution in [2.24, 2.45) is 0 Å². The van der Waals surface area contributed by atoms with Crippen LogP contribution in [0.25, 0.3) is 28.1 Å². The predicted octanol–water partition coefficient (Wildman–Crippen LogP) is 8.60. The van der Waals surface area contributed by atoms with Crippen molar-refractivity contribution < 1.29 is 21.7 Å². The van der Waals surface area contributed by atoms with Gasteiger partial charge in [-0.1, -0.05) is 106 Å². The van der Waals surface area contributed by atoms with Crippen LogP contribution < -0.4 is 0 Å². The minimum Gasteiger partial charge on any atom is -0.668 e. The molecule has 0 atom stereocenters. The molecule has 178 valence electrons. The van der Waals surface area contributed by atoms with Crippen LogP contribution in [0.15, 0.2) is 90.0 Å². The van der Waals surface area contributed by atoms with Gasteiger partial charge in [-0.3, -0.25) is 6.58 Å². The molecule has 0 saturated heterocycles. The van der Waals surface area contributed by atoms with E-state index in [1.165, 1.54) is 16.7 Å². The number of rotatable bonds is 4. The maximum Gasteiger partial charge on any atom is 4.00 e. The molecule has 0 aromatic heterocycles. The van der Waals surface area contributed by atoms with Crippen molar-refractivity contribution >= 4 is 12.2 Å². The van der Waals surface area contributed by atoms with Crippen LogP contribution in [0.1, 0.15) is 31.9 Å². The Morgan fingerprint density at radius 1 is 0.606 bits per heavy atom. The van der Waals surface area contributed by atoms with Crippen LogP contribution in [-0.4, -0.2) is 42.3 Å². The Bertz CT molecular complexity index is 665. The fourth-order valence-electron chi connectivity index (χ4n) is 1.92. The fraction of sp³-hybridized carbons (Fsp3) is 0.310. The summed E-state index contributed by atoms with van der Waals surface area (Å²) in [5.41, 5.74) is 4.57. The van der Waals surface area contributed by atoms with Crippen molar-refractivity contribution in [3.05, 3.63) is 124 Å². The van der Waals surface area contributed by atoms with Crippen molar-refractivity contribution in [3.63, 3.8) is 0 Å². The Kier molecular flexibility index (Phi) is 37.3. The Labute approximate surface area is 220 Å². The Balaban J connectivity index is -0.000000207. The number of hydrogen-bond acceptors (Lipinski definition) is 0. The molecule has 0 saturated carbocycles. The summed E-state index contributed by atoms with van der Waals surface area (Å²) in [5.74, 6) is 0. The van der Waals surface area contributed by atoms with E-state index in [1.54, 1.807) is 42.3 Å². The van der Waals surface area contributed by atoms with E-state index in [9.17, 15) is 0 Å². The molecule has 33 heavy (non-hydrogen) atoms. The normalized spacial score (nSPS) is 8.76. The van der Waals surface area contributed by atoms with E-state index in [-0.39, 0.29) is 21.7 Å². The van der Waals surface area contributed by atoms with Crippen molar-refractivity contribution in [3.8, 4) is 0 Å². The van der Waals surface area contributed by atoms with Crippen LogP contribution in [0, 0.1) is 6.58 Å². The predicted molar refractivity (Wildman–Crippen MR) is 149 cm³/mol. The molecule has 0 bridgehead atoms. The molecule has 0 spiro atoms. The smallest absolute Gasteiger partial charge is 0.668 e. The molecule has 0 amide bonds. The van der Waals surface area contributed by atoms with Gasteiger partial charge in [-0.15, -0.1) is 0 Å². The van der Waals surface area contributed by atoms with Crippen molar-refractivity contribution in [1.82, 2.24) is 0 Å². The van der Waals surface area contributed by atoms with Gasteiger partial charge < -0.3 is 16.0 Å².